The molecule has 3 aromatic rings. The molecule has 0 aromatic carbocycles. The molecule has 2 aliphatic rings. The van der Waals surface area contributed by atoms with Crippen LogP contribution < -0.4 is 5.73 Å². The van der Waals surface area contributed by atoms with Crippen molar-refractivity contribution in [3.63, 3.8) is 0 Å². The molecule has 5 rings (SSSR count). The first kappa shape index (κ1) is 21.4. The third-order valence-electron chi connectivity index (χ3n) is 5.61. The lowest BCUT2D eigenvalue weighted by Gasteiger charge is -2.31. The number of rotatable bonds is 4. The van der Waals surface area contributed by atoms with Crippen molar-refractivity contribution in [1.82, 2.24) is 19.5 Å². The van der Waals surface area contributed by atoms with Crippen LogP contribution in [0.5, 0.6) is 0 Å². The highest BCUT2D eigenvalue weighted by Gasteiger charge is 2.56. The molecule has 3 aromatic heterocycles. The van der Waals surface area contributed by atoms with Crippen LogP contribution in [0.4, 0.5) is 5.82 Å². The molecule has 2 aliphatic heterocycles. The normalized spacial score (nSPS) is 35.3. The number of pyridine rings is 1. The fourth-order valence-electron chi connectivity index (χ4n) is 3.87. The standard InChI is InChI=1S/C19H22N5O7P/c1-19(26)14(25)17(29-18(19)24-8-4-12-15(20)22-10-23-16(12)24)31-32(27)28-9-5-13(30-32)11-2-6-21-7-3-11/h2-4,6-8,10,13-14,17-18,25-26H,5,9H2,1H3,(H2,20,22,23)/t13-,14+,17?,18+,19+,32?/m0/s1. The van der Waals surface area contributed by atoms with Crippen molar-refractivity contribution in [2.75, 3.05) is 12.3 Å². The van der Waals surface area contributed by atoms with Crippen molar-refractivity contribution < 1.29 is 33.1 Å². The minimum absolute atomic E-state index is 0.116. The highest BCUT2D eigenvalue weighted by Crippen LogP contribution is 2.59. The Morgan fingerprint density at radius 2 is 2.09 bits per heavy atom. The fourth-order valence-corrected chi connectivity index (χ4v) is 5.33. The van der Waals surface area contributed by atoms with Gasteiger partial charge in [0.05, 0.1) is 18.1 Å². The number of phosphoric acid groups is 1. The van der Waals surface area contributed by atoms with Gasteiger partial charge in [0.2, 0.25) is 6.29 Å². The Hall–Kier alpha value is -2.44. The van der Waals surface area contributed by atoms with Gasteiger partial charge >= 0.3 is 7.82 Å². The summed E-state index contributed by atoms with van der Waals surface area (Å²) in [6.07, 6.45) is 1.82. The first-order chi connectivity index (χ1) is 15.3. The van der Waals surface area contributed by atoms with Crippen molar-refractivity contribution in [3.05, 3.63) is 48.7 Å². The van der Waals surface area contributed by atoms with Gasteiger partial charge in [0.1, 0.15) is 29.5 Å². The van der Waals surface area contributed by atoms with Gasteiger partial charge in [-0.25, -0.2) is 14.5 Å². The second-order valence-corrected chi connectivity index (χ2v) is 9.37. The molecule has 2 fully saturated rings. The molecule has 32 heavy (non-hydrogen) atoms. The number of aliphatic hydroxyl groups excluding tert-OH is 1. The molecule has 0 saturated carbocycles. The van der Waals surface area contributed by atoms with E-state index in [-0.39, 0.29) is 12.4 Å². The first-order valence-electron chi connectivity index (χ1n) is 9.93. The second kappa shape index (κ2) is 7.85. The number of hydrogen-bond donors (Lipinski definition) is 3. The lowest BCUT2D eigenvalue weighted by atomic mass is 9.99. The number of nitrogens with two attached hydrogens (primary N) is 1. The van der Waals surface area contributed by atoms with E-state index in [9.17, 15) is 14.8 Å². The van der Waals surface area contributed by atoms with Crippen LogP contribution in [-0.4, -0.2) is 54.3 Å². The smallest absolute Gasteiger partial charge is 0.385 e. The van der Waals surface area contributed by atoms with Crippen LogP contribution in [-0.2, 0) is 22.9 Å². The Balaban J connectivity index is 1.39. The largest absolute Gasteiger partial charge is 0.477 e. The molecule has 12 nitrogen and oxygen atoms in total. The number of aliphatic hydroxyl groups is 2. The summed E-state index contributed by atoms with van der Waals surface area (Å²) in [5.74, 6) is 0.260. The van der Waals surface area contributed by atoms with Gasteiger partial charge in [0.15, 0.2) is 6.23 Å². The quantitative estimate of drug-likeness (QED) is 0.482. The lowest BCUT2D eigenvalue weighted by Crippen LogP contribution is -2.44. The third kappa shape index (κ3) is 3.59. The van der Waals surface area contributed by atoms with E-state index in [1.54, 1.807) is 36.8 Å². The molecular weight excluding hydrogens is 441 g/mol. The number of phosphoric ester groups is 1. The zero-order valence-corrected chi connectivity index (χ0v) is 17.9. The molecule has 2 saturated heterocycles. The van der Waals surface area contributed by atoms with Crippen LogP contribution in [0, 0.1) is 0 Å². The monoisotopic (exact) mass is 463 g/mol. The number of ether oxygens (including phenoxy) is 1. The van der Waals surface area contributed by atoms with Gasteiger partial charge < -0.3 is 25.3 Å². The Bertz CT molecular complexity index is 1170. The third-order valence-corrected chi connectivity index (χ3v) is 7.09. The maximum absolute atomic E-state index is 13.2. The molecule has 5 heterocycles. The summed E-state index contributed by atoms with van der Waals surface area (Å²) in [4.78, 5) is 12.1. The SMILES string of the molecule is C[C@@]1(O)[C@H](O)C(OP2(=O)OCC[C@@H](c3ccncc3)O2)O[C@H]1n1ccc2c(N)ncnc21. The number of hydrogen-bond acceptors (Lipinski definition) is 11. The molecule has 0 radical (unpaired) electrons. The predicted octanol–water partition coefficient (Wildman–Crippen LogP) is 1.68. The van der Waals surface area contributed by atoms with Crippen molar-refractivity contribution >= 4 is 24.7 Å². The molecule has 0 bridgehead atoms. The van der Waals surface area contributed by atoms with E-state index < -0.39 is 38.1 Å². The summed E-state index contributed by atoms with van der Waals surface area (Å²) in [7, 11) is -4.11. The highest BCUT2D eigenvalue weighted by molar-refractivity contribution is 7.48. The zero-order valence-electron chi connectivity index (χ0n) is 17.0. The molecule has 0 amide bonds. The van der Waals surface area contributed by atoms with Crippen LogP contribution in [0.3, 0.4) is 0 Å². The Morgan fingerprint density at radius 3 is 2.88 bits per heavy atom. The van der Waals surface area contributed by atoms with Crippen molar-refractivity contribution in [1.29, 1.82) is 0 Å². The number of aromatic nitrogens is 4. The summed E-state index contributed by atoms with van der Waals surface area (Å²) < 4.78 is 36.9. The number of fused-ring (bicyclic) bond motifs is 1. The van der Waals surface area contributed by atoms with E-state index in [1.807, 2.05) is 0 Å². The Morgan fingerprint density at radius 1 is 1.31 bits per heavy atom. The summed E-state index contributed by atoms with van der Waals surface area (Å²) in [5.41, 5.74) is 5.21. The Kier molecular flexibility index (Phi) is 5.25. The summed E-state index contributed by atoms with van der Waals surface area (Å²) >= 11 is 0. The van der Waals surface area contributed by atoms with E-state index >= 15 is 0 Å². The summed E-state index contributed by atoms with van der Waals surface area (Å²) in [6.45, 7) is 1.49. The van der Waals surface area contributed by atoms with Crippen LogP contribution in [0.1, 0.15) is 31.2 Å². The summed E-state index contributed by atoms with van der Waals surface area (Å²) in [5, 5.41) is 22.3. The first-order valence-corrected chi connectivity index (χ1v) is 11.4. The molecular formula is C19H22N5O7P. The molecule has 170 valence electrons. The molecule has 0 spiro atoms. The highest BCUT2D eigenvalue weighted by atomic mass is 31.2. The predicted molar refractivity (Wildman–Crippen MR) is 110 cm³/mol. The van der Waals surface area contributed by atoms with Gasteiger partial charge in [-0.3, -0.25) is 18.6 Å². The minimum atomic E-state index is -4.11. The lowest BCUT2D eigenvalue weighted by molar-refractivity contribution is -0.145. The van der Waals surface area contributed by atoms with Gasteiger partial charge in [-0.2, -0.15) is 0 Å². The van der Waals surface area contributed by atoms with Gasteiger partial charge in [-0.15, -0.1) is 0 Å². The summed E-state index contributed by atoms with van der Waals surface area (Å²) in [6, 6.07) is 5.15. The van der Waals surface area contributed by atoms with Gasteiger partial charge in [-0.05, 0) is 30.7 Å². The van der Waals surface area contributed by atoms with Crippen LogP contribution in [0.25, 0.3) is 11.0 Å². The Labute approximate surface area is 182 Å². The van der Waals surface area contributed by atoms with Crippen LogP contribution >= 0.6 is 7.82 Å². The average molecular weight is 463 g/mol. The van der Waals surface area contributed by atoms with E-state index in [1.165, 1.54) is 17.8 Å². The van der Waals surface area contributed by atoms with Gasteiger partial charge in [0, 0.05) is 25.0 Å². The van der Waals surface area contributed by atoms with Crippen molar-refractivity contribution in [2.45, 2.75) is 43.7 Å². The maximum atomic E-state index is 13.2. The number of nitrogen functional groups attached to an aromatic ring is 1. The minimum Gasteiger partial charge on any atom is -0.385 e. The molecule has 4 N–H and O–H groups in total. The average Bonchev–Trinajstić information content (AvgIpc) is 3.29. The van der Waals surface area contributed by atoms with E-state index in [0.717, 1.165) is 5.56 Å². The molecule has 2 unspecified atom stereocenters. The molecule has 6 atom stereocenters. The fraction of sp³-hybridized carbons (Fsp3) is 0.421. The molecule has 13 heteroatoms. The number of nitrogens with zero attached hydrogens (tertiary/aromatic N) is 4. The van der Waals surface area contributed by atoms with E-state index in [2.05, 4.69) is 15.0 Å². The zero-order chi connectivity index (χ0) is 22.5. The molecule has 0 aliphatic carbocycles. The van der Waals surface area contributed by atoms with Crippen molar-refractivity contribution in [3.8, 4) is 0 Å². The number of anilines is 1. The van der Waals surface area contributed by atoms with Crippen LogP contribution in [0.2, 0.25) is 0 Å². The maximum Gasteiger partial charge on any atom is 0.477 e. The van der Waals surface area contributed by atoms with Gasteiger partial charge in [-0.1, -0.05) is 0 Å². The van der Waals surface area contributed by atoms with E-state index in [4.69, 9.17) is 24.0 Å². The topological polar surface area (TPSA) is 164 Å². The van der Waals surface area contributed by atoms with Gasteiger partial charge in [0.25, 0.3) is 0 Å². The van der Waals surface area contributed by atoms with E-state index in [0.29, 0.717) is 17.5 Å². The van der Waals surface area contributed by atoms with Crippen LogP contribution in [0.15, 0.2) is 43.1 Å². The second-order valence-electron chi connectivity index (χ2n) is 7.80. The van der Waals surface area contributed by atoms with Crippen molar-refractivity contribution in [2.24, 2.45) is 0 Å².